The second-order valence-corrected chi connectivity index (χ2v) is 12.4. The minimum atomic E-state index is -6.31. The number of allylic oxidation sites excluding steroid dienone is 2. The highest BCUT2D eigenvalue weighted by Gasteiger charge is 2.68. The monoisotopic (exact) mass is 691 g/mol. The van der Waals surface area contributed by atoms with Crippen molar-refractivity contribution in [3.05, 3.63) is 46.8 Å². The average molecular weight is 692 g/mol. The maximum atomic E-state index is 15.2. The number of nitrogens with zero attached hydrogens (tertiary/aromatic N) is 2. The van der Waals surface area contributed by atoms with Gasteiger partial charge in [-0.2, -0.15) is 22.0 Å². The van der Waals surface area contributed by atoms with Crippen LogP contribution >= 0.6 is 0 Å². The average Bonchev–Trinajstić information content (AvgIpc) is 3.35. The van der Waals surface area contributed by atoms with E-state index in [2.05, 4.69) is 10.1 Å². The molecule has 12 nitrogen and oxygen atoms in total. The van der Waals surface area contributed by atoms with Crippen molar-refractivity contribution in [2.75, 3.05) is 32.8 Å². The predicted molar refractivity (Wildman–Crippen MR) is 158 cm³/mol. The number of amides is 4. The Bertz CT molecular complexity index is 1440. The largest absolute Gasteiger partial charge is 0.461 e. The third kappa shape index (κ3) is 7.68. The number of alkyl halides is 5. The molecule has 4 amide bonds. The van der Waals surface area contributed by atoms with Gasteiger partial charge in [-0.1, -0.05) is 27.7 Å². The van der Waals surface area contributed by atoms with Crippen molar-refractivity contribution in [1.29, 1.82) is 0 Å². The smallest absolute Gasteiger partial charge is 0.418 e. The molecule has 48 heavy (non-hydrogen) atoms. The molecule has 0 aliphatic carbocycles. The lowest BCUT2D eigenvalue weighted by atomic mass is 9.94. The Hall–Kier alpha value is -3.96. The lowest BCUT2D eigenvalue weighted by Crippen LogP contribution is -2.67. The Morgan fingerprint density at radius 3 is 2.00 bits per heavy atom. The summed E-state index contributed by atoms with van der Waals surface area (Å²) in [5, 5.41) is 13.2. The number of morpholine rings is 1. The molecule has 17 heteroatoms. The van der Waals surface area contributed by atoms with Crippen LogP contribution in [0.3, 0.4) is 0 Å². The zero-order valence-electron chi connectivity index (χ0n) is 27.1. The lowest BCUT2D eigenvalue weighted by Gasteiger charge is -2.42. The zero-order valence-corrected chi connectivity index (χ0v) is 27.1. The van der Waals surface area contributed by atoms with Crippen LogP contribution in [-0.4, -0.2) is 107 Å². The van der Waals surface area contributed by atoms with Crippen LogP contribution in [0.15, 0.2) is 35.7 Å². The number of benzene rings is 1. The summed E-state index contributed by atoms with van der Waals surface area (Å²) in [5.41, 5.74) is 4.71. The number of nitrogens with one attached hydrogen (secondary N) is 1. The van der Waals surface area contributed by atoms with Crippen molar-refractivity contribution in [2.45, 2.75) is 71.3 Å². The number of hydrogen-bond acceptors (Lipinski definition) is 8. The van der Waals surface area contributed by atoms with Gasteiger partial charge in [-0.3, -0.25) is 19.2 Å². The van der Waals surface area contributed by atoms with E-state index < -0.39 is 94.7 Å². The number of ether oxygens (including phenoxy) is 2. The molecule has 3 rings (SSSR count). The van der Waals surface area contributed by atoms with Gasteiger partial charge in [0, 0.05) is 43.5 Å². The van der Waals surface area contributed by atoms with Gasteiger partial charge in [-0.05, 0) is 30.2 Å². The van der Waals surface area contributed by atoms with Crippen molar-refractivity contribution in [1.82, 2.24) is 10.2 Å². The molecule has 0 bridgehead atoms. The number of nitrogens with two attached hydrogens (primary N) is 1. The molecule has 0 spiro atoms. The minimum Gasteiger partial charge on any atom is -0.418 e. The standard InChI is InChI=1S/C31H39F5N4O8/c1-16(2)23(38-27(44)19-6-8-20(9-7-19)28(45)39-10-12-47-13-11-39)29(46)40(15-21(42)14-22(40)26(37)43)24(17(3)4)25(48-18(5)41)30(32,33)31(34,35)36/h6-9,16-17,21-23,42H,10-15H2,1-5H3,(H2-,37,38,43,44)/p+1/t21-,22-,23-,40-/m0/s1. The Kier molecular flexibility index (Phi) is 11.8. The molecule has 2 heterocycles. The molecule has 0 aromatic heterocycles. The molecular weight excluding hydrogens is 651 g/mol. The van der Waals surface area contributed by atoms with Gasteiger partial charge in [0.05, 0.1) is 13.2 Å². The van der Waals surface area contributed by atoms with E-state index in [4.69, 9.17) is 10.5 Å². The summed E-state index contributed by atoms with van der Waals surface area (Å²) in [7, 11) is 0. The predicted octanol–water partition coefficient (Wildman–Crippen LogP) is 2.50. The number of carbonyl (C=O) groups is 5. The number of esters is 1. The third-order valence-corrected chi connectivity index (χ3v) is 8.26. The quantitative estimate of drug-likeness (QED) is 0.146. The van der Waals surface area contributed by atoms with Crippen molar-refractivity contribution in [3.63, 3.8) is 0 Å². The highest BCUT2D eigenvalue weighted by Crippen LogP contribution is 2.48. The summed E-state index contributed by atoms with van der Waals surface area (Å²) >= 11 is 0. The van der Waals surface area contributed by atoms with Crippen LogP contribution in [0.2, 0.25) is 0 Å². The summed E-state index contributed by atoms with van der Waals surface area (Å²) in [5.74, 6) is -15.7. The van der Waals surface area contributed by atoms with Gasteiger partial charge >= 0.3 is 24.0 Å². The van der Waals surface area contributed by atoms with E-state index in [1.54, 1.807) is 4.90 Å². The van der Waals surface area contributed by atoms with Gasteiger partial charge in [0.25, 0.3) is 17.7 Å². The Morgan fingerprint density at radius 1 is 1.00 bits per heavy atom. The first kappa shape index (κ1) is 38.5. The second kappa shape index (κ2) is 14.7. The minimum absolute atomic E-state index is 0.0322. The fourth-order valence-corrected chi connectivity index (χ4v) is 6.09. The van der Waals surface area contributed by atoms with Gasteiger partial charge in [0.1, 0.15) is 18.7 Å². The van der Waals surface area contributed by atoms with Crippen molar-refractivity contribution < 1.29 is 65.0 Å². The van der Waals surface area contributed by atoms with Crippen LogP contribution in [0.5, 0.6) is 0 Å². The molecule has 0 unspecified atom stereocenters. The first-order chi connectivity index (χ1) is 22.2. The van der Waals surface area contributed by atoms with Gasteiger partial charge in [0.2, 0.25) is 5.76 Å². The van der Waals surface area contributed by atoms with E-state index in [9.17, 15) is 42.3 Å². The van der Waals surface area contributed by atoms with Crippen LogP contribution in [0, 0.1) is 11.8 Å². The van der Waals surface area contributed by atoms with Crippen LogP contribution in [-0.2, 0) is 23.9 Å². The molecular formula is C31H40F5N4O8+. The summed E-state index contributed by atoms with van der Waals surface area (Å²) in [4.78, 5) is 67.2. The van der Waals surface area contributed by atoms with Gasteiger partial charge in [-0.25, -0.2) is 9.28 Å². The SMILES string of the molecule is CC(=O)OC(=C(C(C)C)[N@+]1(C(=O)[C@@H](NC(=O)c2ccc(C(=O)N3CCOCC3)cc2)C(C)C)C[C@@H](O)C[C@H]1C(N)=O)C(F)(F)C(F)(F)F. The highest BCUT2D eigenvalue weighted by atomic mass is 19.4. The number of likely N-dealkylation sites (tertiary alicyclic amines) is 1. The molecule has 266 valence electrons. The van der Waals surface area contributed by atoms with Crippen LogP contribution < -0.4 is 11.1 Å². The molecule has 4 atom stereocenters. The van der Waals surface area contributed by atoms with Gasteiger partial charge in [-0.15, -0.1) is 0 Å². The summed E-state index contributed by atoms with van der Waals surface area (Å²) in [6.07, 6.45) is -8.52. The number of hydrogen-bond donors (Lipinski definition) is 3. The molecule has 2 saturated heterocycles. The number of halogens is 5. The number of rotatable bonds is 10. The zero-order chi connectivity index (χ0) is 36.4. The summed E-state index contributed by atoms with van der Waals surface area (Å²) in [6, 6.07) is 1.84. The fraction of sp³-hybridized carbons (Fsp3) is 0.581. The molecule has 0 saturated carbocycles. The van der Waals surface area contributed by atoms with Crippen LogP contribution in [0.4, 0.5) is 22.0 Å². The maximum Gasteiger partial charge on any atom is 0.461 e. The van der Waals surface area contributed by atoms with Crippen LogP contribution in [0.1, 0.15) is 61.8 Å². The fourth-order valence-electron chi connectivity index (χ4n) is 6.09. The molecule has 0 radical (unpaired) electrons. The van der Waals surface area contributed by atoms with Crippen molar-refractivity contribution in [3.8, 4) is 0 Å². The van der Waals surface area contributed by atoms with E-state index in [1.165, 1.54) is 38.1 Å². The summed E-state index contributed by atoms with van der Waals surface area (Å²) in [6.45, 7) is 6.36. The number of aliphatic hydroxyl groups excluding tert-OH is 1. The topological polar surface area (TPSA) is 165 Å². The van der Waals surface area contributed by atoms with E-state index >= 15 is 8.78 Å². The number of aliphatic hydroxyl groups is 1. The maximum absolute atomic E-state index is 15.2. The van der Waals surface area contributed by atoms with Gasteiger partial charge < -0.3 is 30.5 Å². The van der Waals surface area contributed by atoms with E-state index in [1.807, 2.05) is 0 Å². The first-order valence-corrected chi connectivity index (χ1v) is 15.2. The van der Waals surface area contributed by atoms with E-state index in [0.29, 0.717) is 33.2 Å². The molecule has 2 aliphatic rings. The molecule has 2 aliphatic heterocycles. The number of primary amides is 1. The number of carbonyl (C=O) groups excluding carboxylic acids is 5. The van der Waals surface area contributed by atoms with E-state index in [0.717, 1.165) is 13.8 Å². The van der Waals surface area contributed by atoms with Crippen molar-refractivity contribution >= 4 is 29.6 Å². The van der Waals surface area contributed by atoms with Crippen LogP contribution in [0.25, 0.3) is 0 Å². The van der Waals surface area contributed by atoms with Gasteiger partial charge in [0.15, 0.2) is 11.7 Å². The molecule has 4 N–H and O–H groups in total. The lowest BCUT2D eigenvalue weighted by molar-refractivity contribution is -0.827. The Balaban J connectivity index is 2.16. The third-order valence-electron chi connectivity index (χ3n) is 8.26. The summed E-state index contributed by atoms with van der Waals surface area (Å²) < 4.78 is 80.0. The Morgan fingerprint density at radius 2 is 1.54 bits per heavy atom. The molecule has 1 aromatic rings. The first-order valence-electron chi connectivity index (χ1n) is 15.2. The Labute approximate surface area is 273 Å². The number of quaternary nitrogens is 1. The highest BCUT2D eigenvalue weighted by molar-refractivity contribution is 5.99. The van der Waals surface area contributed by atoms with E-state index in [-0.39, 0.29) is 17.0 Å². The second-order valence-electron chi connectivity index (χ2n) is 12.4. The molecule has 2 fully saturated rings. The normalized spacial score (nSPS) is 23.1. The van der Waals surface area contributed by atoms with Crippen molar-refractivity contribution in [2.24, 2.45) is 17.6 Å². The molecule has 1 aromatic carbocycles.